The quantitative estimate of drug-likeness (QED) is 0.781. The van der Waals surface area contributed by atoms with E-state index < -0.39 is 5.97 Å². The van der Waals surface area contributed by atoms with E-state index in [1.54, 1.807) is 30.9 Å². The first-order valence-corrected chi connectivity index (χ1v) is 7.87. The maximum Gasteiger partial charge on any atom is 0.352 e. The van der Waals surface area contributed by atoms with E-state index in [2.05, 4.69) is 15.0 Å². The lowest BCUT2D eigenvalue weighted by molar-refractivity contribution is 0.0684. The van der Waals surface area contributed by atoms with Crippen molar-refractivity contribution in [2.24, 2.45) is 5.92 Å². The Morgan fingerprint density at radius 3 is 2.58 bits per heavy atom. The molecule has 0 unspecified atom stereocenters. The van der Waals surface area contributed by atoms with Crippen molar-refractivity contribution in [3.63, 3.8) is 0 Å². The molecule has 3 aromatic rings. The molecule has 1 N–H and O–H groups in total. The summed E-state index contributed by atoms with van der Waals surface area (Å²) < 4.78 is 1.82. The Hall–Kier alpha value is -3.02. The van der Waals surface area contributed by atoms with Gasteiger partial charge in [-0.1, -0.05) is 0 Å². The van der Waals surface area contributed by atoms with Gasteiger partial charge in [0.15, 0.2) is 5.82 Å². The monoisotopic (exact) mass is 320 g/mol. The van der Waals surface area contributed by atoms with Crippen LogP contribution in [0.25, 0.3) is 22.5 Å². The van der Waals surface area contributed by atoms with Crippen LogP contribution in [-0.4, -0.2) is 30.6 Å². The first kappa shape index (κ1) is 14.6. The lowest BCUT2D eigenvalue weighted by Crippen LogP contribution is -2.08. The van der Waals surface area contributed by atoms with Crippen molar-refractivity contribution in [2.45, 2.75) is 19.4 Å². The Morgan fingerprint density at radius 2 is 1.96 bits per heavy atom. The number of nitrogens with zero attached hydrogens (tertiary/aromatic N) is 4. The minimum absolute atomic E-state index is 0.313. The highest BCUT2D eigenvalue weighted by atomic mass is 16.4. The lowest BCUT2D eigenvalue weighted by Gasteiger charge is -2.03. The summed E-state index contributed by atoms with van der Waals surface area (Å²) in [6.07, 6.45) is 11.1. The zero-order valence-corrected chi connectivity index (χ0v) is 13.0. The van der Waals surface area contributed by atoms with E-state index in [0.717, 1.165) is 23.2 Å². The molecule has 4 rings (SSSR count). The second-order valence-electron chi connectivity index (χ2n) is 6.05. The highest BCUT2D eigenvalue weighted by Crippen LogP contribution is 2.32. The normalized spacial score (nSPS) is 13.8. The van der Waals surface area contributed by atoms with E-state index in [4.69, 9.17) is 0 Å². The molecule has 0 atom stereocenters. The van der Waals surface area contributed by atoms with Crippen LogP contribution in [0.15, 0.2) is 49.2 Å². The zero-order valence-electron chi connectivity index (χ0n) is 13.0. The molecule has 0 aromatic carbocycles. The Kier molecular flexibility index (Phi) is 3.57. The lowest BCUT2D eigenvalue weighted by atomic mass is 10.2. The number of carboxylic acid groups (broad SMARTS) is 1. The molecule has 0 radical (unpaired) electrons. The molecule has 6 heteroatoms. The topological polar surface area (TPSA) is 80.9 Å². The molecule has 0 saturated heterocycles. The van der Waals surface area contributed by atoms with Crippen LogP contribution in [0.1, 0.15) is 23.3 Å². The third-order valence-corrected chi connectivity index (χ3v) is 4.17. The van der Waals surface area contributed by atoms with Gasteiger partial charge in [-0.05, 0) is 37.0 Å². The molecule has 0 aliphatic heterocycles. The van der Waals surface area contributed by atoms with Crippen molar-refractivity contribution >= 4 is 5.97 Å². The number of hydrogen-bond acceptors (Lipinski definition) is 4. The van der Waals surface area contributed by atoms with Gasteiger partial charge in [0.2, 0.25) is 0 Å². The minimum atomic E-state index is -0.908. The van der Waals surface area contributed by atoms with E-state index in [1.807, 2.05) is 22.9 Å². The maximum atomic E-state index is 11.4. The molecule has 3 aromatic heterocycles. The fourth-order valence-corrected chi connectivity index (χ4v) is 2.70. The smallest absolute Gasteiger partial charge is 0.352 e. The van der Waals surface area contributed by atoms with Crippen LogP contribution in [0.5, 0.6) is 0 Å². The average Bonchev–Trinajstić information content (AvgIpc) is 3.32. The maximum absolute atomic E-state index is 11.4. The summed E-state index contributed by atoms with van der Waals surface area (Å²) in [6.45, 7) is 0.760. The Balaban J connectivity index is 1.64. The second kappa shape index (κ2) is 5.88. The summed E-state index contributed by atoms with van der Waals surface area (Å²) in [5.41, 5.74) is 2.79. The summed E-state index contributed by atoms with van der Waals surface area (Å²) in [5.74, 6) is 0.296. The number of aromatic carboxylic acids is 1. The van der Waals surface area contributed by atoms with E-state index in [1.165, 1.54) is 12.8 Å². The van der Waals surface area contributed by atoms with Crippen LogP contribution >= 0.6 is 0 Å². The van der Waals surface area contributed by atoms with E-state index in [0.29, 0.717) is 17.4 Å². The summed E-state index contributed by atoms with van der Waals surface area (Å²) >= 11 is 0. The molecule has 1 saturated carbocycles. The van der Waals surface area contributed by atoms with Gasteiger partial charge in [0.25, 0.3) is 0 Å². The van der Waals surface area contributed by atoms with E-state index in [-0.39, 0.29) is 0 Å². The number of carbonyl (C=O) groups is 1. The van der Waals surface area contributed by atoms with Gasteiger partial charge in [0.05, 0.1) is 0 Å². The van der Waals surface area contributed by atoms with Gasteiger partial charge >= 0.3 is 5.97 Å². The largest absolute Gasteiger partial charge is 0.477 e. The molecule has 0 spiro atoms. The van der Waals surface area contributed by atoms with Gasteiger partial charge in [-0.15, -0.1) is 0 Å². The predicted molar refractivity (Wildman–Crippen MR) is 88.4 cm³/mol. The fourth-order valence-electron chi connectivity index (χ4n) is 2.70. The number of aromatic nitrogens is 4. The first-order valence-electron chi connectivity index (χ1n) is 7.87. The SMILES string of the molecule is O=C(O)c1cc(-c2cnc(-c3cccnc3)nc2)cn1CC1CC1. The summed E-state index contributed by atoms with van der Waals surface area (Å²) in [4.78, 5) is 24.3. The molecular weight excluding hydrogens is 304 g/mol. The van der Waals surface area contributed by atoms with Crippen molar-refractivity contribution < 1.29 is 9.90 Å². The standard InChI is InChI=1S/C18H16N4O2/c23-18(24)16-6-14(11-22(16)10-12-3-4-12)15-8-20-17(21-9-15)13-2-1-5-19-7-13/h1-2,5-9,11-12H,3-4,10H2,(H,23,24). The Morgan fingerprint density at radius 1 is 1.17 bits per heavy atom. The molecule has 0 bridgehead atoms. The molecule has 120 valence electrons. The fraction of sp³-hybridized carbons (Fsp3) is 0.222. The van der Waals surface area contributed by atoms with Gasteiger partial charge in [0, 0.05) is 54.2 Å². The van der Waals surface area contributed by atoms with Crippen molar-refractivity contribution in [1.82, 2.24) is 19.5 Å². The second-order valence-corrected chi connectivity index (χ2v) is 6.05. The molecule has 6 nitrogen and oxygen atoms in total. The molecule has 3 heterocycles. The van der Waals surface area contributed by atoms with Gasteiger partial charge in [0.1, 0.15) is 5.69 Å². The molecular formula is C18H16N4O2. The van der Waals surface area contributed by atoms with Crippen molar-refractivity contribution in [3.05, 3.63) is 54.9 Å². The predicted octanol–water partition coefficient (Wildman–Crippen LogP) is 3.12. The minimum Gasteiger partial charge on any atom is -0.477 e. The third-order valence-electron chi connectivity index (χ3n) is 4.17. The highest BCUT2D eigenvalue weighted by molar-refractivity contribution is 5.88. The van der Waals surface area contributed by atoms with Crippen molar-refractivity contribution in [1.29, 1.82) is 0 Å². The number of pyridine rings is 1. The Bertz CT molecular complexity index is 868. The van der Waals surface area contributed by atoms with Gasteiger partial charge in [-0.3, -0.25) is 4.98 Å². The summed E-state index contributed by atoms with van der Waals surface area (Å²) in [7, 11) is 0. The highest BCUT2D eigenvalue weighted by Gasteiger charge is 2.24. The van der Waals surface area contributed by atoms with Crippen LogP contribution in [0.2, 0.25) is 0 Å². The van der Waals surface area contributed by atoms with Crippen LogP contribution in [0, 0.1) is 5.92 Å². The first-order chi connectivity index (χ1) is 11.7. The molecule has 1 aliphatic rings. The van der Waals surface area contributed by atoms with Gasteiger partial charge < -0.3 is 9.67 Å². The third kappa shape index (κ3) is 2.90. The van der Waals surface area contributed by atoms with Crippen LogP contribution in [0.3, 0.4) is 0 Å². The molecule has 0 amide bonds. The van der Waals surface area contributed by atoms with Gasteiger partial charge in [-0.25, -0.2) is 14.8 Å². The summed E-state index contributed by atoms with van der Waals surface area (Å²) in [6, 6.07) is 5.42. The van der Waals surface area contributed by atoms with Crippen LogP contribution in [-0.2, 0) is 6.54 Å². The molecule has 1 fully saturated rings. The number of hydrogen-bond donors (Lipinski definition) is 1. The number of rotatable bonds is 5. The van der Waals surface area contributed by atoms with Crippen molar-refractivity contribution in [2.75, 3.05) is 0 Å². The summed E-state index contributed by atoms with van der Waals surface area (Å²) in [5, 5.41) is 9.39. The van der Waals surface area contributed by atoms with Gasteiger partial charge in [-0.2, -0.15) is 0 Å². The van der Waals surface area contributed by atoms with Crippen molar-refractivity contribution in [3.8, 4) is 22.5 Å². The average molecular weight is 320 g/mol. The Labute approximate surface area is 138 Å². The molecule has 24 heavy (non-hydrogen) atoms. The number of carboxylic acids is 1. The zero-order chi connectivity index (χ0) is 16.5. The molecule has 1 aliphatic carbocycles. The van der Waals surface area contributed by atoms with E-state index >= 15 is 0 Å². The van der Waals surface area contributed by atoms with E-state index in [9.17, 15) is 9.90 Å². The van der Waals surface area contributed by atoms with Crippen LogP contribution in [0.4, 0.5) is 0 Å². The van der Waals surface area contributed by atoms with Crippen LogP contribution < -0.4 is 0 Å².